The molecule has 0 radical (unpaired) electrons. The van der Waals surface area contributed by atoms with Gasteiger partial charge in [-0.25, -0.2) is 4.68 Å². The highest BCUT2D eigenvalue weighted by Gasteiger charge is 2.28. The van der Waals surface area contributed by atoms with E-state index >= 15 is 0 Å². The lowest BCUT2D eigenvalue weighted by Gasteiger charge is -2.35. The zero-order chi connectivity index (χ0) is 15.4. The van der Waals surface area contributed by atoms with Crippen LogP contribution in [0.4, 0.5) is 5.69 Å². The monoisotopic (exact) mass is 309 g/mol. The molecule has 21 heavy (non-hydrogen) atoms. The molecule has 1 fully saturated rings. The molecule has 1 N–H and O–H groups in total. The van der Waals surface area contributed by atoms with Gasteiger partial charge >= 0.3 is 0 Å². The maximum absolute atomic E-state index is 12.1. The number of hydrogen-bond acceptors (Lipinski definition) is 3. The standard InChI is InChI=1S/C16H24ClN3O/c1-4-9-20-16(21)15(17)14(10-18-20)19-13-8-6-5-7-12(13)11(2)3/h4,10-13,19H,1,5-9H2,2-3H3. The van der Waals surface area contributed by atoms with Crippen molar-refractivity contribution >= 4 is 17.3 Å². The second-order valence-corrected chi connectivity index (χ2v) is 6.47. The molecular weight excluding hydrogens is 286 g/mol. The Hall–Kier alpha value is -1.29. The van der Waals surface area contributed by atoms with Crippen molar-refractivity contribution in [2.75, 3.05) is 5.32 Å². The highest BCUT2D eigenvalue weighted by molar-refractivity contribution is 6.32. The van der Waals surface area contributed by atoms with E-state index in [0.717, 1.165) is 6.42 Å². The van der Waals surface area contributed by atoms with Crippen LogP contribution < -0.4 is 10.9 Å². The first kappa shape index (κ1) is 16.1. The molecule has 1 aromatic rings. The average molecular weight is 310 g/mol. The van der Waals surface area contributed by atoms with E-state index in [1.165, 1.54) is 23.9 Å². The number of hydrogen-bond donors (Lipinski definition) is 1. The molecule has 1 aromatic heterocycles. The van der Waals surface area contributed by atoms with Crippen LogP contribution in [0.1, 0.15) is 39.5 Å². The zero-order valence-corrected chi connectivity index (χ0v) is 13.6. The largest absolute Gasteiger partial charge is 0.379 e. The summed E-state index contributed by atoms with van der Waals surface area (Å²) in [6.45, 7) is 8.50. The zero-order valence-electron chi connectivity index (χ0n) is 12.8. The Morgan fingerprint density at radius 2 is 2.24 bits per heavy atom. The summed E-state index contributed by atoms with van der Waals surface area (Å²) in [7, 11) is 0. The minimum atomic E-state index is -0.265. The molecular formula is C16H24ClN3O. The van der Waals surface area contributed by atoms with Crippen molar-refractivity contribution in [3.8, 4) is 0 Å². The molecule has 2 rings (SSSR count). The van der Waals surface area contributed by atoms with Gasteiger partial charge in [0.25, 0.3) is 5.56 Å². The fraction of sp³-hybridized carbons (Fsp3) is 0.625. The second kappa shape index (κ2) is 7.12. The summed E-state index contributed by atoms with van der Waals surface area (Å²) < 4.78 is 1.32. The van der Waals surface area contributed by atoms with Gasteiger partial charge < -0.3 is 5.32 Å². The number of aromatic nitrogens is 2. The van der Waals surface area contributed by atoms with Crippen LogP contribution in [0, 0.1) is 11.8 Å². The average Bonchev–Trinajstić information content (AvgIpc) is 2.47. The van der Waals surface area contributed by atoms with E-state index in [0.29, 0.717) is 30.1 Å². The molecule has 4 nitrogen and oxygen atoms in total. The number of anilines is 1. The van der Waals surface area contributed by atoms with Crippen molar-refractivity contribution in [3.63, 3.8) is 0 Å². The molecule has 116 valence electrons. The van der Waals surface area contributed by atoms with Gasteiger partial charge in [-0.1, -0.05) is 44.4 Å². The summed E-state index contributed by atoms with van der Waals surface area (Å²) in [4.78, 5) is 12.1. The van der Waals surface area contributed by atoms with Crippen LogP contribution in [-0.2, 0) is 6.54 Å². The third kappa shape index (κ3) is 3.67. The third-order valence-electron chi connectivity index (χ3n) is 4.30. The van der Waals surface area contributed by atoms with Crippen LogP contribution in [0.2, 0.25) is 5.02 Å². The lowest BCUT2D eigenvalue weighted by molar-refractivity contribution is 0.253. The van der Waals surface area contributed by atoms with E-state index in [1.54, 1.807) is 12.3 Å². The number of halogens is 1. The first-order chi connectivity index (χ1) is 10.0. The molecule has 1 aliphatic carbocycles. The lowest BCUT2D eigenvalue weighted by atomic mass is 9.78. The highest BCUT2D eigenvalue weighted by Crippen LogP contribution is 2.33. The molecule has 0 amide bonds. The van der Waals surface area contributed by atoms with Gasteiger partial charge in [0, 0.05) is 6.04 Å². The first-order valence-electron chi connectivity index (χ1n) is 7.67. The molecule has 0 bridgehead atoms. The Balaban J connectivity index is 2.20. The van der Waals surface area contributed by atoms with Crippen molar-refractivity contribution in [2.24, 2.45) is 11.8 Å². The predicted molar refractivity (Wildman–Crippen MR) is 87.9 cm³/mol. The molecule has 0 spiro atoms. The number of rotatable bonds is 5. The van der Waals surface area contributed by atoms with Gasteiger partial charge in [0.2, 0.25) is 0 Å². The quantitative estimate of drug-likeness (QED) is 0.843. The fourth-order valence-corrected chi connectivity index (χ4v) is 3.36. The SMILES string of the molecule is C=CCn1ncc(NC2CCCCC2C(C)C)c(Cl)c1=O. The van der Waals surface area contributed by atoms with Gasteiger partial charge in [0.1, 0.15) is 5.02 Å². The van der Waals surface area contributed by atoms with Crippen LogP contribution >= 0.6 is 11.6 Å². The number of nitrogens with zero attached hydrogens (tertiary/aromatic N) is 2. The van der Waals surface area contributed by atoms with Crippen molar-refractivity contribution in [1.29, 1.82) is 0 Å². The smallest absolute Gasteiger partial charge is 0.287 e. The van der Waals surface area contributed by atoms with E-state index < -0.39 is 0 Å². The maximum atomic E-state index is 12.1. The van der Waals surface area contributed by atoms with Gasteiger partial charge in [-0.05, 0) is 24.7 Å². The van der Waals surface area contributed by atoms with Crippen LogP contribution in [0.5, 0.6) is 0 Å². The van der Waals surface area contributed by atoms with E-state index in [4.69, 9.17) is 11.6 Å². The number of allylic oxidation sites excluding steroid dienone is 1. The maximum Gasteiger partial charge on any atom is 0.287 e. The van der Waals surface area contributed by atoms with Crippen LogP contribution in [0.15, 0.2) is 23.6 Å². The Morgan fingerprint density at radius 3 is 2.90 bits per heavy atom. The normalized spacial score (nSPS) is 22.3. The Kier molecular flexibility index (Phi) is 5.45. The molecule has 1 aliphatic rings. The molecule has 2 atom stereocenters. The summed E-state index contributed by atoms with van der Waals surface area (Å²) in [5.74, 6) is 1.24. The minimum Gasteiger partial charge on any atom is -0.379 e. The summed E-state index contributed by atoms with van der Waals surface area (Å²) >= 11 is 6.21. The Bertz CT molecular complexity index is 553. The van der Waals surface area contributed by atoms with Crippen LogP contribution in [0.3, 0.4) is 0 Å². The number of nitrogens with one attached hydrogen (secondary N) is 1. The summed E-state index contributed by atoms with van der Waals surface area (Å²) in [5, 5.41) is 7.83. The van der Waals surface area contributed by atoms with Crippen molar-refractivity contribution in [1.82, 2.24) is 9.78 Å². The topological polar surface area (TPSA) is 46.9 Å². The molecule has 1 saturated carbocycles. The van der Waals surface area contributed by atoms with E-state index in [2.05, 4.69) is 30.8 Å². The van der Waals surface area contributed by atoms with E-state index in [-0.39, 0.29) is 10.6 Å². The molecule has 5 heteroatoms. The fourth-order valence-electron chi connectivity index (χ4n) is 3.15. The summed E-state index contributed by atoms with van der Waals surface area (Å²) in [6.07, 6.45) is 8.14. The molecule has 0 aromatic carbocycles. The first-order valence-corrected chi connectivity index (χ1v) is 8.05. The highest BCUT2D eigenvalue weighted by atomic mass is 35.5. The molecule has 1 heterocycles. The van der Waals surface area contributed by atoms with Gasteiger partial charge in [-0.3, -0.25) is 4.79 Å². The van der Waals surface area contributed by atoms with Crippen molar-refractivity contribution < 1.29 is 0 Å². The summed E-state index contributed by atoms with van der Waals surface area (Å²) in [6, 6.07) is 0.368. The van der Waals surface area contributed by atoms with Gasteiger partial charge in [-0.2, -0.15) is 5.10 Å². The molecule has 2 unspecified atom stereocenters. The minimum absolute atomic E-state index is 0.222. The van der Waals surface area contributed by atoms with Crippen molar-refractivity contribution in [3.05, 3.63) is 34.2 Å². The third-order valence-corrected chi connectivity index (χ3v) is 4.67. The van der Waals surface area contributed by atoms with E-state index in [9.17, 15) is 4.79 Å². The van der Waals surface area contributed by atoms with E-state index in [1.807, 2.05) is 0 Å². The van der Waals surface area contributed by atoms with Gasteiger partial charge in [0.05, 0.1) is 18.4 Å². The molecule has 0 aliphatic heterocycles. The Labute approximate surface area is 131 Å². The molecule has 0 saturated heterocycles. The van der Waals surface area contributed by atoms with Crippen LogP contribution in [0.25, 0.3) is 0 Å². The van der Waals surface area contributed by atoms with Gasteiger partial charge in [-0.15, -0.1) is 6.58 Å². The van der Waals surface area contributed by atoms with Crippen LogP contribution in [-0.4, -0.2) is 15.8 Å². The van der Waals surface area contributed by atoms with Gasteiger partial charge in [0.15, 0.2) is 0 Å². The lowest BCUT2D eigenvalue weighted by Crippen LogP contribution is -2.36. The predicted octanol–water partition coefficient (Wildman–Crippen LogP) is 3.71. The second-order valence-electron chi connectivity index (χ2n) is 6.09. The summed E-state index contributed by atoms with van der Waals surface area (Å²) in [5.41, 5.74) is 0.387. The Morgan fingerprint density at radius 1 is 1.52 bits per heavy atom. The van der Waals surface area contributed by atoms with Crippen molar-refractivity contribution in [2.45, 2.75) is 52.1 Å².